The summed E-state index contributed by atoms with van der Waals surface area (Å²) in [5.74, 6) is -4.01. The number of anilines is 1. The quantitative estimate of drug-likeness (QED) is 0.566. The Morgan fingerprint density at radius 3 is 2.06 bits per heavy atom. The number of rotatable bonds is 6. The second kappa shape index (κ2) is 8.99. The number of hydrogen-bond donors (Lipinski definition) is 2. The molecule has 1 aliphatic rings. The minimum atomic E-state index is -1.10. The molecular weight excluding hydrogens is 432 g/mol. The van der Waals surface area contributed by atoms with Crippen molar-refractivity contribution < 1.29 is 28.0 Å². The van der Waals surface area contributed by atoms with Gasteiger partial charge >= 0.3 is 0 Å². The third-order valence-electron chi connectivity index (χ3n) is 5.05. The average Bonchev–Trinajstić information content (AvgIpc) is 3.05. The van der Waals surface area contributed by atoms with Crippen molar-refractivity contribution in [3.05, 3.63) is 101 Å². The lowest BCUT2D eigenvalue weighted by atomic mass is 10.1. The van der Waals surface area contributed by atoms with Gasteiger partial charge in [0, 0.05) is 17.3 Å². The third kappa shape index (κ3) is 4.62. The summed E-state index contributed by atoms with van der Waals surface area (Å²) < 4.78 is 26.1. The zero-order chi connectivity index (χ0) is 23.5. The Balaban J connectivity index is 1.32. The molecule has 0 aliphatic carbocycles. The monoisotopic (exact) mass is 449 g/mol. The third-order valence-corrected chi connectivity index (χ3v) is 5.05. The van der Waals surface area contributed by atoms with Gasteiger partial charge in [-0.15, -0.1) is 0 Å². The molecule has 7 nitrogen and oxygen atoms in total. The number of nitrogens with zero attached hydrogens (tertiary/aromatic N) is 1. The van der Waals surface area contributed by atoms with Crippen LogP contribution in [0.1, 0.15) is 36.6 Å². The lowest BCUT2D eigenvalue weighted by Crippen LogP contribution is -2.33. The SMILES string of the molecule is O=C(CNC(=O)c1ccc(CN2C(=O)c3ccccc3C2=O)cc1)Nc1ccc(F)c(F)c1. The molecule has 0 unspecified atom stereocenters. The molecule has 1 aliphatic heterocycles. The second-order valence-electron chi connectivity index (χ2n) is 7.30. The van der Waals surface area contributed by atoms with Crippen molar-refractivity contribution in [3.63, 3.8) is 0 Å². The van der Waals surface area contributed by atoms with Crippen LogP contribution in [0.15, 0.2) is 66.7 Å². The van der Waals surface area contributed by atoms with E-state index in [2.05, 4.69) is 10.6 Å². The predicted octanol–water partition coefficient (Wildman–Crippen LogP) is 3.13. The van der Waals surface area contributed by atoms with E-state index in [0.29, 0.717) is 16.7 Å². The van der Waals surface area contributed by atoms with Crippen LogP contribution in [0.5, 0.6) is 0 Å². The van der Waals surface area contributed by atoms with Gasteiger partial charge in [-0.2, -0.15) is 0 Å². The number of carbonyl (C=O) groups excluding carboxylic acids is 4. The zero-order valence-electron chi connectivity index (χ0n) is 17.1. The average molecular weight is 449 g/mol. The maximum absolute atomic E-state index is 13.2. The van der Waals surface area contributed by atoms with Gasteiger partial charge in [0.25, 0.3) is 17.7 Å². The van der Waals surface area contributed by atoms with E-state index in [9.17, 15) is 28.0 Å². The zero-order valence-corrected chi connectivity index (χ0v) is 17.1. The van der Waals surface area contributed by atoms with E-state index in [0.717, 1.165) is 17.0 Å². The lowest BCUT2D eigenvalue weighted by molar-refractivity contribution is -0.115. The summed E-state index contributed by atoms with van der Waals surface area (Å²) in [4.78, 5) is 50.3. The van der Waals surface area contributed by atoms with Gasteiger partial charge in [0.2, 0.25) is 5.91 Å². The fourth-order valence-corrected chi connectivity index (χ4v) is 3.37. The summed E-state index contributed by atoms with van der Waals surface area (Å²) in [7, 11) is 0. The normalized spacial score (nSPS) is 12.5. The van der Waals surface area contributed by atoms with Gasteiger partial charge < -0.3 is 10.6 Å². The molecule has 0 spiro atoms. The van der Waals surface area contributed by atoms with Crippen LogP contribution in [-0.4, -0.2) is 35.1 Å². The maximum Gasteiger partial charge on any atom is 0.261 e. The summed E-state index contributed by atoms with van der Waals surface area (Å²) >= 11 is 0. The van der Waals surface area contributed by atoms with Gasteiger partial charge in [0.1, 0.15) is 0 Å². The summed E-state index contributed by atoms with van der Waals surface area (Å²) in [5.41, 5.74) is 1.70. The molecule has 0 fully saturated rings. The molecule has 0 atom stereocenters. The summed E-state index contributed by atoms with van der Waals surface area (Å²) in [6, 6.07) is 15.8. The van der Waals surface area contributed by atoms with Gasteiger partial charge in [-0.05, 0) is 42.0 Å². The first-order chi connectivity index (χ1) is 15.8. The van der Waals surface area contributed by atoms with E-state index in [-0.39, 0.29) is 36.2 Å². The molecule has 0 aromatic heterocycles. The molecule has 2 N–H and O–H groups in total. The minimum Gasteiger partial charge on any atom is -0.343 e. The molecule has 9 heteroatoms. The van der Waals surface area contributed by atoms with E-state index in [1.165, 1.54) is 18.2 Å². The van der Waals surface area contributed by atoms with E-state index in [1.54, 1.807) is 36.4 Å². The molecule has 1 heterocycles. The van der Waals surface area contributed by atoms with E-state index in [1.807, 2.05) is 0 Å². The first-order valence-corrected chi connectivity index (χ1v) is 9.91. The number of imide groups is 1. The Morgan fingerprint density at radius 1 is 0.818 bits per heavy atom. The molecule has 3 aromatic carbocycles. The van der Waals surface area contributed by atoms with Crippen LogP contribution in [0.25, 0.3) is 0 Å². The molecular formula is C24H17F2N3O4. The molecule has 3 aromatic rings. The minimum absolute atomic E-state index is 0.0604. The largest absolute Gasteiger partial charge is 0.343 e. The van der Waals surface area contributed by atoms with Crippen molar-refractivity contribution in [3.8, 4) is 0 Å². The van der Waals surface area contributed by atoms with Crippen molar-refractivity contribution >= 4 is 29.3 Å². The van der Waals surface area contributed by atoms with Crippen LogP contribution in [0.3, 0.4) is 0 Å². The first-order valence-electron chi connectivity index (χ1n) is 9.91. The number of fused-ring (bicyclic) bond motifs is 1. The number of carbonyl (C=O) groups is 4. The Labute approximate surface area is 187 Å². The van der Waals surface area contributed by atoms with Crippen LogP contribution in [0, 0.1) is 11.6 Å². The Morgan fingerprint density at radius 2 is 1.45 bits per heavy atom. The fraction of sp³-hybridized carbons (Fsp3) is 0.0833. The Hall–Kier alpha value is -4.40. The van der Waals surface area contributed by atoms with Gasteiger partial charge in [-0.25, -0.2) is 8.78 Å². The number of benzene rings is 3. The highest BCUT2D eigenvalue weighted by molar-refractivity contribution is 6.21. The van der Waals surface area contributed by atoms with Crippen LogP contribution < -0.4 is 10.6 Å². The van der Waals surface area contributed by atoms with Crippen molar-refractivity contribution in [1.29, 1.82) is 0 Å². The van der Waals surface area contributed by atoms with E-state index < -0.39 is 23.4 Å². The van der Waals surface area contributed by atoms with E-state index in [4.69, 9.17) is 0 Å². The Kier molecular flexibility index (Phi) is 5.95. The van der Waals surface area contributed by atoms with Crippen molar-refractivity contribution in [2.45, 2.75) is 6.54 Å². The summed E-state index contributed by atoms with van der Waals surface area (Å²) in [6.45, 7) is -0.320. The van der Waals surface area contributed by atoms with Crippen LogP contribution in [0.2, 0.25) is 0 Å². The van der Waals surface area contributed by atoms with Crippen LogP contribution in [-0.2, 0) is 11.3 Å². The molecule has 166 valence electrons. The standard InChI is InChI=1S/C24H17F2N3O4/c25-19-10-9-16(11-20(19)26)28-21(30)12-27-22(31)15-7-5-14(6-8-15)13-29-23(32)17-3-1-2-4-18(17)24(29)33/h1-11H,12-13H2,(H,27,31)(H,28,30). The summed E-state index contributed by atoms with van der Waals surface area (Å²) in [5, 5.41) is 4.78. The molecule has 0 saturated heterocycles. The van der Waals surface area contributed by atoms with Crippen LogP contribution in [0.4, 0.5) is 14.5 Å². The van der Waals surface area contributed by atoms with Gasteiger partial charge in [-0.3, -0.25) is 24.1 Å². The first kappa shape index (κ1) is 21.8. The summed E-state index contributed by atoms with van der Waals surface area (Å²) in [6.07, 6.45) is 0. The molecule has 0 saturated carbocycles. The highest BCUT2D eigenvalue weighted by atomic mass is 19.2. The smallest absolute Gasteiger partial charge is 0.261 e. The number of hydrogen-bond acceptors (Lipinski definition) is 4. The molecule has 0 radical (unpaired) electrons. The number of halogens is 2. The van der Waals surface area contributed by atoms with Crippen molar-refractivity contribution in [1.82, 2.24) is 10.2 Å². The topological polar surface area (TPSA) is 95.6 Å². The highest BCUT2D eigenvalue weighted by Gasteiger charge is 2.34. The van der Waals surface area contributed by atoms with E-state index >= 15 is 0 Å². The molecule has 0 bridgehead atoms. The molecule has 33 heavy (non-hydrogen) atoms. The van der Waals surface area contributed by atoms with Crippen molar-refractivity contribution in [2.24, 2.45) is 0 Å². The van der Waals surface area contributed by atoms with Crippen molar-refractivity contribution in [2.75, 3.05) is 11.9 Å². The van der Waals surface area contributed by atoms with Gasteiger partial charge in [0.05, 0.1) is 24.2 Å². The molecule has 4 rings (SSSR count). The Bertz CT molecular complexity index is 1240. The number of amides is 4. The maximum atomic E-state index is 13.2. The van der Waals surface area contributed by atoms with Gasteiger partial charge in [0.15, 0.2) is 11.6 Å². The van der Waals surface area contributed by atoms with Gasteiger partial charge in [-0.1, -0.05) is 24.3 Å². The fourth-order valence-electron chi connectivity index (χ4n) is 3.37. The van der Waals surface area contributed by atoms with Crippen LogP contribution >= 0.6 is 0 Å². The highest BCUT2D eigenvalue weighted by Crippen LogP contribution is 2.24. The number of nitrogens with one attached hydrogen (secondary N) is 2. The molecule has 4 amide bonds. The predicted molar refractivity (Wildman–Crippen MR) is 114 cm³/mol. The lowest BCUT2D eigenvalue weighted by Gasteiger charge is -2.14. The second-order valence-corrected chi connectivity index (χ2v) is 7.30.